The lowest BCUT2D eigenvalue weighted by atomic mass is 9.93. The Morgan fingerprint density at radius 3 is 2.78 bits per heavy atom. The lowest BCUT2D eigenvalue weighted by Gasteiger charge is -2.36. The molecule has 7 heteroatoms. The molecule has 3 aliphatic heterocycles. The lowest BCUT2D eigenvalue weighted by molar-refractivity contribution is -0.128. The largest absolute Gasteiger partial charge is 0.370 e. The number of nitrogens with one attached hydrogen (secondary N) is 3. The van der Waals surface area contributed by atoms with Gasteiger partial charge in [-0.05, 0) is 25.5 Å². The number of fused-ring (bicyclic) bond motifs is 1. The van der Waals surface area contributed by atoms with E-state index in [1.54, 1.807) is 24.1 Å². The van der Waals surface area contributed by atoms with E-state index in [0.717, 1.165) is 11.3 Å². The van der Waals surface area contributed by atoms with Crippen LogP contribution in [0.25, 0.3) is 0 Å². The second-order valence-corrected chi connectivity index (χ2v) is 7.39. The normalized spacial score (nSPS) is 24.0. The molecule has 3 rings (SSSR count). The molecule has 0 radical (unpaired) electrons. The van der Waals surface area contributed by atoms with Crippen molar-refractivity contribution in [2.24, 2.45) is 0 Å². The lowest BCUT2D eigenvalue weighted by Crippen LogP contribution is -2.52. The van der Waals surface area contributed by atoms with E-state index in [1.807, 2.05) is 31.0 Å². The number of nitrogens with zero attached hydrogens (tertiary/aromatic N) is 2. The van der Waals surface area contributed by atoms with Crippen molar-refractivity contribution >= 4 is 11.8 Å². The number of carbonyl (C=O) groups excluding carboxylic acids is 2. The van der Waals surface area contributed by atoms with Crippen LogP contribution < -0.4 is 16.1 Å². The minimum absolute atomic E-state index is 0.0845. The number of hydrogen-bond acceptors (Lipinski definition) is 5. The van der Waals surface area contributed by atoms with Crippen molar-refractivity contribution in [1.29, 1.82) is 0 Å². The highest BCUT2D eigenvalue weighted by Crippen LogP contribution is 2.32. The van der Waals surface area contributed by atoms with Crippen molar-refractivity contribution in [3.8, 4) is 0 Å². The standard InChI is InChI=1S/C20H27N5O2/c1-6-7-8-14-13(2)11-15(22-14)19(27)24-9-10-25-16(12-24)17(18(26)21-5)20(3,4)23-25/h6-8,11,14,22-23H,1-2,9-10,12H2,3-5H3,(H,21,26)/b8-7-/t14-/m1/s1. The van der Waals surface area contributed by atoms with E-state index in [4.69, 9.17) is 0 Å². The Bertz CT molecular complexity index is 790. The van der Waals surface area contributed by atoms with Crippen molar-refractivity contribution in [3.05, 3.63) is 60.0 Å². The van der Waals surface area contributed by atoms with E-state index in [-0.39, 0.29) is 17.9 Å². The third kappa shape index (κ3) is 3.42. The van der Waals surface area contributed by atoms with Gasteiger partial charge in [-0.25, -0.2) is 5.43 Å². The van der Waals surface area contributed by atoms with Crippen molar-refractivity contribution in [2.45, 2.75) is 25.4 Å². The average molecular weight is 369 g/mol. The van der Waals surface area contributed by atoms with Gasteiger partial charge >= 0.3 is 0 Å². The first-order chi connectivity index (χ1) is 12.8. The van der Waals surface area contributed by atoms with Crippen LogP contribution >= 0.6 is 0 Å². The molecule has 0 saturated carbocycles. The molecular formula is C20H27N5O2. The Morgan fingerprint density at radius 1 is 1.37 bits per heavy atom. The summed E-state index contributed by atoms with van der Waals surface area (Å²) in [7, 11) is 1.62. The van der Waals surface area contributed by atoms with Crippen molar-refractivity contribution in [3.63, 3.8) is 0 Å². The smallest absolute Gasteiger partial charge is 0.270 e. The van der Waals surface area contributed by atoms with E-state index in [0.29, 0.717) is 30.9 Å². The molecule has 0 spiro atoms. The van der Waals surface area contributed by atoms with Crippen LogP contribution in [-0.2, 0) is 9.59 Å². The number of piperazine rings is 1. The molecule has 0 aromatic rings. The summed E-state index contributed by atoms with van der Waals surface area (Å²) >= 11 is 0. The fourth-order valence-corrected chi connectivity index (χ4v) is 3.74. The predicted molar refractivity (Wildman–Crippen MR) is 105 cm³/mol. The fourth-order valence-electron chi connectivity index (χ4n) is 3.74. The molecule has 2 amide bonds. The maximum Gasteiger partial charge on any atom is 0.270 e. The van der Waals surface area contributed by atoms with Crippen LogP contribution in [0.1, 0.15) is 13.8 Å². The van der Waals surface area contributed by atoms with Crippen LogP contribution in [0.15, 0.2) is 60.0 Å². The molecule has 0 unspecified atom stereocenters. The monoisotopic (exact) mass is 369 g/mol. The molecule has 1 fully saturated rings. The highest BCUT2D eigenvalue weighted by atomic mass is 16.2. The number of hydrogen-bond donors (Lipinski definition) is 3. The molecule has 0 aromatic heterocycles. The van der Waals surface area contributed by atoms with Gasteiger partial charge in [0.1, 0.15) is 5.70 Å². The van der Waals surface area contributed by atoms with E-state index in [9.17, 15) is 9.59 Å². The van der Waals surface area contributed by atoms with Crippen LogP contribution in [0.4, 0.5) is 0 Å². The molecule has 0 bridgehead atoms. The predicted octanol–water partition coefficient (Wildman–Crippen LogP) is 0.582. The first kappa shape index (κ1) is 19.0. The molecule has 144 valence electrons. The third-order valence-corrected chi connectivity index (χ3v) is 5.04. The SMILES string of the molecule is C=C/C=C\[C@H]1NC(C(=O)N2CCN3NC(C)(C)C(C(=O)NC)=C3C2)=CC1=C. The van der Waals surface area contributed by atoms with Gasteiger partial charge in [-0.15, -0.1) is 0 Å². The van der Waals surface area contributed by atoms with E-state index in [1.165, 1.54) is 0 Å². The summed E-state index contributed by atoms with van der Waals surface area (Å²) in [6.45, 7) is 13.2. The van der Waals surface area contributed by atoms with E-state index >= 15 is 0 Å². The van der Waals surface area contributed by atoms with Gasteiger partial charge < -0.3 is 20.5 Å². The summed E-state index contributed by atoms with van der Waals surface area (Å²) in [5.74, 6) is -0.209. The van der Waals surface area contributed by atoms with E-state index < -0.39 is 5.54 Å². The highest BCUT2D eigenvalue weighted by molar-refractivity contribution is 5.98. The Kier molecular flexibility index (Phi) is 4.97. The van der Waals surface area contributed by atoms with Crippen molar-refractivity contribution < 1.29 is 9.59 Å². The molecule has 1 saturated heterocycles. The van der Waals surface area contributed by atoms with Gasteiger partial charge in [0.25, 0.3) is 11.8 Å². The van der Waals surface area contributed by atoms with Gasteiger partial charge in [0.2, 0.25) is 0 Å². The Morgan fingerprint density at radius 2 is 2.11 bits per heavy atom. The zero-order valence-electron chi connectivity index (χ0n) is 16.1. The second kappa shape index (κ2) is 7.08. The Hall–Kier alpha value is -2.80. The molecule has 0 aromatic carbocycles. The van der Waals surface area contributed by atoms with Crippen LogP contribution in [-0.4, -0.2) is 60.0 Å². The maximum atomic E-state index is 13.0. The quantitative estimate of drug-likeness (QED) is 0.632. The van der Waals surface area contributed by atoms with Gasteiger partial charge in [-0.2, -0.15) is 0 Å². The number of allylic oxidation sites excluding steroid dienone is 2. The first-order valence-electron chi connectivity index (χ1n) is 9.05. The highest BCUT2D eigenvalue weighted by Gasteiger charge is 2.43. The summed E-state index contributed by atoms with van der Waals surface area (Å²) in [6.07, 6.45) is 7.22. The number of hydrazine groups is 1. The molecule has 3 heterocycles. The summed E-state index contributed by atoms with van der Waals surface area (Å²) in [5.41, 5.74) is 5.77. The summed E-state index contributed by atoms with van der Waals surface area (Å²) in [5, 5.41) is 7.90. The summed E-state index contributed by atoms with van der Waals surface area (Å²) in [4.78, 5) is 27.2. The Labute approximate surface area is 160 Å². The number of carbonyl (C=O) groups is 2. The van der Waals surface area contributed by atoms with Crippen LogP contribution in [0, 0.1) is 0 Å². The van der Waals surface area contributed by atoms with Crippen molar-refractivity contribution in [1.82, 2.24) is 26.0 Å². The molecule has 3 aliphatic rings. The van der Waals surface area contributed by atoms with Crippen LogP contribution in [0.2, 0.25) is 0 Å². The van der Waals surface area contributed by atoms with Gasteiger partial charge in [-0.3, -0.25) is 9.59 Å². The minimum atomic E-state index is -0.478. The molecule has 0 aliphatic carbocycles. The van der Waals surface area contributed by atoms with Crippen LogP contribution in [0.5, 0.6) is 0 Å². The summed E-state index contributed by atoms with van der Waals surface area (Å²) < 4.78 is 0. The molecule has 3 N–H and O–H groups in total. The van der Waals surface area contributed by atoms with Gasteiger partial charge in [-0.1, -0.05) is 31.4 Å². The van der Waals surface area contributed by atoms with Gasteiger partial charge in [0.15, 0.2) is 0 Å². The zero-order chi connectivity index (χ0) is 19.8. The minimum Gasteiger partial charge on any atom is -0.370 e. The molecule has 1 atom stereocenters. The third-order valence-electron chi connectivity index (χ3n) is 5.04. The van der Waals surface area contributed by atoms with E-state index in [2.05, 4.69) is 29.2 Å². The van der Waals surface area contributed by atoms with Crippen LogP contribution in [0.3, 0.4) is 0 Å². The zero-order valence-corrected chi connectivity index (χ0v) is 16.1. The first-order valence-corrected chi connectivity index (χ1v) is 9.05. The second-order valence-electron chi connectivity index (χ2n) is 7.39. The fraction of sp³-hybridized carbons (Fsp3) is 0.400. The topological polar surface area (TPSA) is 76.7 Å². The number of likely N-dealkylation sites (N-methyl/N-ethyl adjacent to an activating group) is 1. The maximum absolute atomic E-state index is 13.0. The molecule has 7 nitrogen and oxygen atoms in total. The Balaban J connectivity index is 1.80. The number of rotatable bonds is 4. The van der Waals surface area contributed by atoms with Gasteiger partial charge in [0.05, 0.1) is 35.9 Å². The summed E-state index contributed by atoms with van der Waals surface area (Å²) in [6, 6.07) is -0.101. The average Bonchev–Trinajstić information content (AvgIpc) is 3.13. The van der Waals surface area contributed by atoms with Gasteiger partial charge in [0, 0.05) is 13.6 Å². The number of amides is 2. The van der Waals surface area contributed by atoms with Crippen molar-refractivity contribution in [2.75, 3.05) is 26.7 Å². The molecule has 27 heavy (non-hydrogen) atoms. The molecular weight excluding hydrogens is 342 g/mol.